The minimum Gasteiger partial charge on any atom is -0.481 e. The van der Waals surface area contributed by atoms with Crippen LogP contribution in [-0.4, -0.2) is 28.5 Å². The number of aromatic nitrogens is 1. The summed E-state index contributed by atoms with van der Waals surface area (Å²) in [6.07, 6.45) is 3.07. The zero-order valence-electron chi connectivity index (χ0n) is 11.0. The molecule has 0 atom stereocenters. The van der Waals surface area contributed by atoms with Gasteiger partial charge < -0.3 is 10.4 Å². The lowest BCUT2D eigenvalue weighted by molar-refractivity contribution is -0.148. The van der Waals surface area contributed by atoms with Gasteiger partial charge in [-0.25, -0.2) is 4.98 Å². The van der Waals surface area contributed by atoms with Gasteiger partial charge in [0.2, 0.25) is 0 Å². The highest BCUT2D eigenvalue weighted by Crippen LogP contribution is 2.37. The summed E-state index contributed by atoms with van der Waals surface area (Å²) in [5.41, 5.74) is 0.305. The van der Waals surface area contributed by atoms with Gasteiger partial charge >= 0.3 is 5.97 Å². The first-order valence-electron chi connectivity index (χ1n) is 6.49. The van der Waals surface area contributed by atoms with E-state index in [1.165, 1.54) is 0 Å². The number of pyridine rings is 1. The molecule has 0 aliphatic heterocycles. The lowest BCUT2D eigenvalue weighted by atomic mass is 9.86. The summed E-state index contributed by atoms with van der Waals surface area (Å²) in [6.45, 7) is 1.99. The lowest BCUT2D eigenvalue weighted by Crippen LogP contribution is -2.41. The number of aryl methyl sites for hydroxylation is 1. The number of aliphatic carboxylic acids is 1. The van der Waals surface area contributed by atoms with Crippen molar-refractivity contribution in [3.8, 4) is 0 Å². The highest BCUT2D eigenvalue weighted by atomic mass is 16.4. The Bertz CT molecular complexity index is 493. The Balaban J connectivity index is 2.02. The van der Waals surface area contributed by atoms with E-state index in [1.807, 2.05) is 13.0 Å². The van der Waals surface area contributed by atoms with E-state index in [-0.39, 0.29) is 12.5 Å². The second-order valence-electron chi connectivity index (χ2n) is 5.14. The molecule has 0 aromatic carbocycles. The molecule has 0 radical (unpaired) electrons. The average molecular weight is 262 g/mol. The van der Waals surface area contributed by atoms with Gasteiger partial charge in [0, 0.05) is 12.2 Å². The minimum absolute atomic E-state index is 0.177. The molecule has 0 saturated heterocycles. The Labute approximate surface area is 112 Å². The van der Waals surface area contributed by atoms with Crippen LogP contribution in [0, 0.1) is 12.3 Å². The third-order valence-corrected chi connectivity index (χ3v) is 3.72. The molecule has 1 amide bonds. The third kappa shape index (κ3) is 2.92. The Hall–Kier alpha value is -1.91. The van der Waals surface area contributed by atoms with E-state index in [2.05, 4.69) is 10.3 Å². The van der Waals surface area contributed by atoms with Gasteiger partial charge in [-0.05, 0) is 31.9 Å². The van der Waals surface area contributed by atoms with E-state index < -0.39 is 11.4 Å². The molecule has 1 aliphatic rings. The molecular formula is C14H18N2O3. The van der Waals surface area contributed by atoms with Gasteiger partial charge in [0.05, 0.1) is 5.41 Å². The van der Waals surface area contributed by atoms with Crippen molar-refractivity contribution in [2.45, 2.75) is 32.6 Å². The zero-order chi connectivity index (χ0) is 13.9. The number of hydrogen-bond donors (Lipinski definition) is 2. The van der Waals surface area contributed by atoms with Crippen molar-refractivity contribution in [3.05, 3.63) is 29.6 Å². The molecule has 5 nitrogen and oxygen atoms in total. The second-order valence-corrected chi connectivity index (χ2v) is 5.14. The number of rotatable bonds is 4. The molecule has 1 aliphatic carbocycles. The predicted molar refractivity (Wildman–Crippen MR) is 69.8 cm³/mol. The standard InChI is InChI=1S/C14H18N2O3/c1-10-5-4-6-11(16-10)12(17)15-9-14(13(18)19)7-2-3-8-14/h4-6H,2-3,7-9H2,1H3,(H,15,17)(H,18,19). The third-order valence-electron chi connectivity index (χ3n) is 3.72. The fourth-order valence-corrected chi connectivity index (χ4v) is 2.53. The van der Waals surface area contributed by atoms with Crippen LogP contribution in [0.5, 0.6) is 0 Å². The Morgan fingerprint density at radius 2 is 2.05 bits per heavy atom. The summed E-state index contributed by atoms with van der Waals surface area (Å²) >= 11 is 0. The molecule has 102 valence electrons. The fourth-order valence-electron chi connectivity index (χ4n) is 2.53. The van der Waals surface area contributed by atoms with E-state index in [0.29, 0.717) is 18.5 Å². The number of hydrogen-bond acceptors (Lipinski definition) is 3. The molecule has 1 aromatic heterocycles. The van der Waals surface area contributed by atoms with Crippen molar-refractivity contribution in [1.82, 2.24) is 10.3 Å². The lowest BCUT2D eigenvalue weighted by Gasteiger charge is -2.23. The van der Waals surface area contributed by atoms with Crippen LogP contribution in [-0.2, 0) is 4.79 Å². The van der Waals surface area contributed by atoms with Gasteiger partial charge in [-0.2, -0.15) is 0 Å². The fraction of sp³-hybridized carbons (Fsp3) is 0.500. The smallest absolute Gasteiger partial charge is 0.311 e. The summed E-state index contributed by atoms with van der Waals surface area (Å²) in [7, 11) is 0. The van der Waals surface area contributed by atoms with Crippen LogP contribution in [0.2, 0.25) is 0 Å². The first-order chi connectivity index (χ1) is 9.03. The van der Waals surface area contributed by atoms with E-state index in [0.717, 1.165) is 18.5 Å². The Morgan fingerprint density at radius 1 is 1.37 bits per heavy atom. The average Bonchev–Trinajstić information content (AvgIpc) is 2.86. The molecular weight excluding hydrogens is 244 g/mol. The first-order valence-corrected chi connectivity index (χ1v) is 6.49. The van der Waals surface area contributed by atoms with Crippen molar-refractivity contribution in [1.29, 1.82) is 0 Å². The van der Waals surface area contributed by atoms with E-state index >= 15 is 0 Å². The van der Waals surface area contributed by atoms with Crippen molar-refractivity contribution in [2.75, 3.05) is 6.54 Å². The summed E-state index contributed by atoms with van der Waals surface area (Å²) in [5, 5.41) is 12.0. The number of nitrogens with zero attached hydrogens (tertiary/aromatic N) is 1. The maximum absolute atomic E-state index is 12.0. The van der Waals surface area contributed by atoms with Gasteiger partial charge in [-0.1, -0.05) is 18.9 Å². The monoisotopic (exact) mass is 262 g/mol. The minimum atomic E-state index is -0.817. The molecule has 1 heterocycles. The van der Waals surface area contributed by atoms with Crippen LogP contribution >= 0.6 is 0 Å². The van der Waals surface area contributed by atoms with Crippen molar-refractivity contribution < 1.29 is 14.7 Å². The molecule has 1 saturated carbocycles. The number of carbonyl (C=O) groups excluding carboxylic acids is 1. The van der Waals surface area contributed by atoms with Crippen LogP contribution in [0.1, 0.15) is 41.9 Å². The van der Waals surface area contributed by atoms with Gasteiger partial charge in [-0.15, -0.1) is 0 Å². The quantitative estimate of drug-likeness (QED) is 0.866. The van der Waals surface area contributed by atoms with Crippen molar-refractivity contribution in [2.24, 2.45) is 5.41 Å². The predicted octanol–water partition coefficient (Wildman–Crippen LogP) is 1.76. The highest BCUT2D eigenvalue weighted by Gasteiger charge is 2.41. The van der Waals surface area contributed by atoms with Gasteiger partial charge in [-0.3, -0.25) is 9.59 Å². The summed E-state index contributed by atoms with van der Waals surface area (Å²) < 4.78 is 0. The number of carbonyl (C=O) groups is 2. The number of carboxylic acids is 1. The Morgan fingerprint density at radius 3 is 2.63 bits per heavy atom. The van der Waals surface area contributed by atoms with Crippen LogP contribution < -0.4 is 5.32 Å². The van der Waals surface area contributed by atoms with Crippen molar-refractivity contribution in [3.63, 3.8) is 0 Å². The summed E-state index contributed by atoms with van der Waals surface area (Å²) in [4.78, 5) is 27.4. The summed E-state index contributed by atoms with van der Waals surface area (Å²) in [6, 6.07) is 5.21. The summed E-state index contributed by atoms with van der Waals surface area (Å²) in [5.74, 6) is -1.13. The van der Waals surface area contributed by atoms with E-state index in [9.17, 15) is 14.7 Å². The maximum Gasteiger partial charge on any atom is 0.311 e. The molecule has 0 spiro atoms. The number of amides is 1. The molecule has 19 heavy (non-hydrogen) atoms. The topological polar surface area (TPSA) is 79.3 Å². The highest BCUT2D eigenvalue weighted by molar-refractivity contribution is 5.92. The van der Waals surface area contributed by atoms with E-state index in [1.54, 1.807) is 12.1 Å². The van der Waals surface area contributed by atoms with Crippen LogP contribution in [0.25, 0.3) is 0 Å². The van der Waals surface area contributed by atoms with Crippen molar-refractivity contribution >= 4 is 11.9 Å². The molecule has 0 bridgehead atoms. The molecule has 1 aromatic rings. The molecule has 2 rings (SSSR count). The molecule has 1 fully saturated rings. The van der Waals surface area contributed by atoms with Gasteiger partial charge in [0.1, 0.15) is 5.69 Å². The SMILES string of the molecule is Cc1cccc(C(=O)NCC2(C(=O)O)CCCC2)n1. The second kappa shape index (κ2) is 5.38. The van der Waals surface area contributed by atoms with Crippen LogP contribution in [0.3, 0.4) is 0 Å². The van der Waals surface area contributed by atoms with E-state index in [4.69, 9.17) is 0 Å². The van der Waals surface area contributed by atoms with Gasteiger partial charge in [0.15, 0.2) is 0 Å². The number of carboxylic acid groups (broad SMARTS) is 1. The molecule has 5 heteroatoms. The van der Waals surface area contributed by atoms with Crippen LogP contribution in [0.4, 0.5) is 0 Å². The first kappa shape index (κ1) is 13.5. The number of nitrogens with one attached hydrogen (secondary N) is 1. The van der Waals surface area contributed by atoms with Crippen LogP contribution in [0.15, 0.2) is 18.2 Å². The molecule has 0 unspecified atom stereocenters. The van der Waals surface area contributed by atoms with Gasteiger partial charge in [0.25, 0.3) is 5.91 Å². The molecule has 2 N–H and O–H groups in total. The Kier molecular flexibility index (Phi) is 3.83. The normalized spacial score (nSPS) is 17.1. The largest absolute Gasteiger partial charge is 0.481 e. The maximum atomic E-state index is 12.0. The zero-order valence-corrected chi connectivity index (χ0v) is 11.0.